The van der Waals surface area contributed by atoms with E-state index in [1.54, 1.807) is 0 Å². The van der Waals surface area contributed by atoms with E-state index in [1.165, 1.54) is 18.9 Å². The molecule has 5 heteroatoms. The van der Waals surface area contributed by atoms with Crippen molar-refractivity contribution < 1.29 is 14.3 Å². The van der Waals surface area contributed by atoms with E-state index in [-0.39, 0.29) is 17.2 Å². The summed E-state index contributed by atoms with van der Waals surface area (Å²) >= 11 is 0. The second-order valence-corrected chi connectivity index (χ2v) is 4.15. The van der Waals surface area contributed by atoms with E-state index in [4.69, 9.17) is 0 Å². The Morgan fingerprint density at radius 2 is 2.18 bits per heavy atom. The number of aromatic hydroxyl groups is 1. The molecule has 0 aliphatic heterocycles. The van der Waals surface area contributed by atoms with Crippen molar-refractivity contribution in [2.75, 3.05) is 13.1 Å². The first kappa shape index (κ1) is 11.9. The van der Waals surface area contributed by atoms with Gasteiger partial charge in [0.1, 0.15) is 11.6 Å². The van der Waals surface area contributed by atoms with E-state index in [1.807, 2.05) is 0 Å². The molecule has 1 fully saturated rings. The summed E-state index contributed by atoms with van der Waals surface area (Å²) in [5, 5.41) is 15.3. The number of hydrogen-bond donors (Lipinski definition) is 3. The fraction of sp³-hybridized carbons (Fsp3) is 0.417. The van der Waals surface area contributed by atoms with Crippen LogP contribution in [0.3, 0.4) is 0 Å². The van der Waals surface area contributed by atoms with E-state index < -0.39 is 5.82 Å². The Kier molecular flexibility index (Phi) is 3.58. The highest BCUT2D eigenvalue weighted by molar-refractivity contribution is 5.96. The van der Waals surface area contributed by atoms with Gasteiger partial charge in [-0.1, -0.05) is 0 Å². The number of rotatable bonds is 5. The van der Waals surface area contributed by atoms with Crippen molar-refractivity contribution >= 4 is 5.91 Å². The van der Waals surface area contributed by atoms with E-state index >= 15 is 0 Å². The van der Waals surface area contributed by atoms with Crippen molar-refractivity contribution in [1.82, 2.24) is 10.6 Å². The maximum atomic E-state index is 12.7. The highest BCUT2D eigenvalue weighted by Gasteiger charge is 2.19. The molecule has 1 amide bonds. The first-order valence-electron chi connectivity index (χ1n) is 5.67. The number of amides is 1. The van der Waals surface area contributed by atoms with E-state index in [2.05, 4.69) is 10.6 Å². The largest absolute Gasteiger partial charge is 0.507 e. The van der Waals surface area contributed by atoms with Gasteiger partial charge in [-0.05, 0) is 25.0 Å². The number of hydrogen-bond acceptors (Lipinski definition) is 3. The molecule has 2 rings (SSSR count). The Bertz CT molecular complexity index is 419. The highest BCUT2D eigenvalue weighted by atomic mass is 19.1. The molecule has 1 aliphatic carbocycles. The number of benzene rings is 1. The molecule has 4 nitrogen and oxygen atoms in total. The summed E-state index contributed by atoms with van der Waals surface area (Å²) in [6, 6.07) is 3.95. The number of carbonyl (C=O) groups excluding carboxylic acids is 1. The Morgan fingerprint density at radius 1 is 1.41 bits per heavy atom. The molecule has 1 saturated carbocycles. The summed E-state index contributed by atoms with van der Waals surface area (Å²) in [7, 11) is 0. The molecule has 0 aromatic heterocycles. The zero-order valence-corrected chi connectivity index (χ0v) is 9.37. The van der Waals surface area contributed by atoms with Crippen LogP contribution < -0.4 is 10.6 Å². The lowest BCUT2D eigenvalue weighted by molar-refractivity contribution is 0.0951. The number of carbonyl (C=O) groups is 1. The van der Waals surface area contributed by atoms with Gasteiger partial charge in [0.25, 0.3) is 5.91 Å². The summed E-state index contributed by atoms with van der Waals surface area (Å²) in [5.74, 6) is -1.29. The minimum atomic E-state index is -0.561. The number of halogens is 1. The fourth-order valence-corrected chi connectivity index (χ4v) is 1.53. The second-order valence-electron chi connectivity index (χ2n) is 4.15. The van der Waals surface area contributed by atoms with Crippen LogP contribution in [0.25, 0.3) is 0 Å². The lowest BCUT2D eigenvalue weighted by Crippen LogP contribution is -2.32. The van der Waals surface area contributed by atoms with Crippen LogP contribution in [0.5, 0.6) is 5.75 Å². The molecule has 0 radical (unpaired) electrons. The van der Waals surface area contributed by atoms with Crippen LogP contribution in [-0.2, 0) is 0 Å². The zero-order valence-electron chi connectivity index (χ0n) is 9.37. The van der Waals surface area contributed by atoms with Crippen molar-refractivity contribution in [2.45, 2.75) is 18.9 Å². The number of phenolic OH excluding ortho intramolecular Hbond substituents is 1. The molecule has 0 bridgehead atoms. The molecule has 0 spiro atoms. The van der Waals surface area contributed by atoms with Crippen LogP contribution in [0, 0.1) is 5.82 Å². The van der Waals surface area contributed by atoms with Gasteiger partial charge in [-0.2, -0.15) is 0 Å². The molecule has 0 unspecified atom stereocenters. The van der Waals surface area contributed by atoms with Crippen LogP contribution in [0.1, 0.15) is 23.2 Å². The third-order valence-electron chi connectivity index (χ3n) is 2.63. The van der Waals surface area contributed by atoms with Gasteiger partial charge in [-0.25, -0.2) is 4.39 Å². The predicted octanol–water partition coefficient (Wildman–Crippen LogP) is 1.01. The molecule has 0 saturated heterocycles. The topological polar surface area (TPSA) is 61.4 Å². The van der Waals surface area contributed by atoms with Crippen molar-refractivity contribution in [2.24, 2.45) is 0 Å². The van der Waals surface area contributed by atoms with Crippen molar-refractivity contribution in [3.63, 3.8) is 0 Å². The average molecular weight is 238 g/mol. The lowest BCUT2D eigenvalue weighted by Gasteiger charge is -2.07. The van der Waals surface area contributed by atoms with Crippen LogP contribution in [0.4, 0.5) is 4.39 Å². The molecule has 92 valence electrons. The molecule has 0 heterocycles. The van der Waals surface area contributed by atoms with Gasteiger partial charge in [0.05, 0.1) is 5.56 Å². The van der Waals surface area contributed by atoms with Crippen molar-refractivity contribution in [3.8, 4) is 5.75 Å². The average Bonchev–Trinajstić information content (AvgIpc) is 3.08. The fourth-order valence-electron chi connectivity index (χ4n) is 1.53. The van der Waals surface area contributed by atoms with Gasteiger partial charge in [-0.15, -0.1) is 0 Å². The van der Waals surface area contributed by atoms with Gasteiger partial charge < -0.3 is 15.7 Å². The molecular weight excluding hydrogens is 223 g/mol. The van der Waals surface area contributed by atoms with Gasteiger partial charge in [0.15, 0.2) is 0 Å². The number of nitrogens with one attached hydrogen (secondary N) is 2. The normalized spacial score (nSPS) is 14.6. The number of phenols is 1. The van der Waals surface area contributed by atoms with Crippen molar-refractivity contribution in [1.29, 1.82) is 0 Å². The van der Waals surface area contributed by atoms with Crippen LogP contribution in [0.15, 0.2) is 18.2 Å². The zero-order chi connectivity index (χ0) is 12.3. The lowest BCUT2D eigenvalue weighted by atomic mass is 10.2. The van der Waals surface area contributed by atoms with Crippen molar-refractivity contribution in [3.05, 3.63) is 29.6 Å². The van der Waals surface area contributed by atoms with E-state index in [0.29, 0.717) is 19.1 Å². The molecule has 1 aromatic rings. The monoisotopic (exact) mass is 238 g/mol. The molecular formula is C12H15FN2O2. The summed E-state index contributed by atoms with van der Waals surface area (Å²) in [5.41, 5.74) is 0.0952. The smallest absolute Gasteiger partial charge is 0.255 e. The van der Waals surface area contributed by atoms with Crippen LogP contribution in [-0.4, -0.2) is 30.1 Å². The van der Waals surface area contributed by atoms with Crippen LogP contribution >= 0.6 is 0 Å². The third kappa shape index (κ3) is 3.42. The van der Waals surface area contributed by atoms with E-state index in [0.717, 1.165) is 12.1 Å². The molecule has 1 aliphatic rings. The molecule has 0 atom stereocenters. The Balaban J connectivity index is 1.81. The summed E-state index contributed by atoms with van der Waals surface area (Å²) in [4.78, 5) is 11.6. The quantitative estimate of drug-likeness (QED) is 0.671. The summed E-state index contributed by atoms with van der Waals surface area (Å²) < 4.78 is 12.7. The maximum absolute atomic E-state index is 12.7. The van der Waals surface area contributed by atoms with Crippen LogP contribution in [0.2, 0.25) is 0 Å². The standard InChI is InChI=1S/C12H15FN2O2/c13-8-1-4-10(11(16)7-8)12(17)15-6-5-14-9-2-3-9/h1,4,7,9,14,16H,2-3,5-6H2,(H,15,17). The molecule has 1 aromatic carbocycles. The SMILES string of the molecule is O=C(NCCNC1CC1)c1ccc(F)cc1O. The minimum absolute atomic E-state index is 0.0952. The molecule has 17 heavy (non-hydrogen) atoms. The third-order valence-corrected chi connectivity index (χ3v) is 2.63. The summed E-state index contributed by atoms with van der Waals surface area (Å²) in [6.07, 6.45) is 2.40. The van der Waals surface area contributed by atoms with Gasteiger partial charge in [0.2, 0.25) is 0 Å². The van der Waals surface area contributed by atoms with Gasteiger partial charge in [0, 0.05) is 25.2 Å². The predicted molar refractivity (Wildman–Crippen MR) is 61.4 cm³/mol. The Hall–Kier alpha value is -1.62. The molecule has 3 N–H and O–H groups in total. The first-order chi connectivity index (χ1) is 8.16. The summed E-state index contributed by atoms with van der Waals surface area (Å²) in [6.45, 7) is 1.20. The van der Waals surface area contributed by atoms with E-state index in [9.17, 15) is 14.3 Å². The minimum Gasteiger partial charge on any atom is -0.507 e. The Morgan fingerprint density at radius 3 is 2.82 bits per heavy atom. The maximum Gasteiger partial charge on any atom is 0.255 e. The Labute approximate surface area is 98.8 Å². The first-order valence-corrected chi connectivity index (χ1v) is 5.67. The highest BCUT2D eigenvalue weighted by Crippen LogP contribution is 2.18. The van der Waals surface area contributed by atoms with Gasteiger partial charge >= 0.3 is 0 Å². The second kappa shape index (κ2) is 5.14. The van der Waals surface area contributed by atoms with Gasteiger partial charge in [-0.3, -0.25) is 4.79 Å².